The fraction of sp³-hybridized carbons (Fsp3) is 0.222. The molecule has 0 heterocycles. The number of amides is 1. The van der Waals surface area contributed by atoms with Crippen molar-refractivity contribution in [3.05, 3.63) is 58.6 Å². The highest BCUT2D eigenvalue weighted by atomic mass is 35.5. The Bertz CT molecular complexity index is 771. The fourth-order valence-corrected chi connectivity index (χ4v) is 2.34. The van der Waals surface area contributed by atoms with E-state index >= 15 is 0 Å². The molecule has 2 aromatic carbocycles. The molecular weight excluding hydrogens is 328 g/mol. The number of carbonyl (C=O) groups is 1. The third-order valence-corrected chi connectivity index (χ3v) is 3.61. The zero-order valence-corrected chi connectivity index (χ0v) is 14.1. The molecule has 2 rings (SSSR count). The van der Waals surface area contributed by atoms with E-state index in [1.165, 1.54) is 7.11 Å². The molecule has 1 amide bonds. The summed E-state index contributed by atoms with van der Waals surface area (Å²) in [7, 11) is 1.48. The molecule has 1 atom stereocenters. The van der Waals surface area contributed by atoms with Gasteiger partial charge < -0.3 is 14.8 Å². The summed E-state index contributed by atoms with van der Waals surface area (Å²) in [5, 5.41) is 12.3. The van der Waals surface area contributed by atoms with Gasteiger partial charge in [0, 0.05) is 11.1 Å². The Balaban J connectivity index is 1.95. The Morgan fingerprint density at radius 1 is 1.29 bits per heavy atom. The average Bonchev–Trinajstić information content (AvgIpc) is 2.59. The first kappa shape index (κ1) is 17.6. The van der Waals surface area contributed by atoms with Crippen molar-refractivity contribution in [1.29, 1.82) is 5.26 Å². The van der Waals surface area contributed by atoms with Crippen LogP contribution in [0.25, 0.3) is 0 Å². The zero-order valence-electron chi connectivity index (χ0n) is 13.4. The molecule has 1 N–H and O–H groups in total. The van der Waals surface area contributed by atoms with Crippen molar-refractivity contribution in [3.8, 4) is 17.6 Å². The Morgan fingerprint density at radius 2 is 2.08 bits per heavy atom. The van der Waals surface area contributed by atoms with Gasteiger partial charge >= 0.3 is 0 Å². The highest BCUT2D eigenvalue weighted by Gasteiger charge is 2.12. The summed E-state index contributed by atoms with van der Waals surface area (Å²) in [5.74, 6) is 0.542. The molecular formula is C18H17ClN2O3. The Morgan fingerprint density at radius 3 is 2.75 bits per heavy atom. The van der Waals surface area contributed by atoms with Crippen LogP contribution >= 0.6 is 11.6 Å². The molecule has 0 saturated heterocycles. The molecule has 0 aromatic heterocycles. The first-order valence-corrected chi connectivity index (χ1v) is 7.67. The van der Waals surface area contributed by atoms with E-state index in [1.807, 2.05) is 25.1 Å². The van der Waals surface area contributed by atoms with Crippen LogP contribution in [0.2, 0.25) is 5.02 Å². The van der Waals surface area contributed by atoms with Crippen molar-refractivity contribution in [1.82, 2.24) is 5.32 Å². The van der Waals surface area contributed by atoms with Crippen LogP contribution in [0, 0.1) is 11.3 Å². The molecule has 24 heavy (non-hydrogen) atoms. The lowest BCUT2D eigenvalue weighted by molar-refractivity contribution is -0.123. The van der Waals surface area contributed by atoms with Crippen LogP contribution in [0.15, 0.2) is 42.5 Å². The minimum atomic E-state index is -0.270. The third-order valence-electron chi connectivity index (χ3n) is 3.38. The summed E-state index contributed by atoms with van der Waals surface area (Å²) in [6.07, 6.45) is 0. The minimum Gasteiger partial charge on any atom is -0.493 e. The number of hydrogen-bond donors (Lipinski definition) is 1. The van der Waals surface area contributed by atoms with E-state index < -0.39 is 0 Å². The van der Waals surface area contributed by atoms with Gasteiger partial charge in [-0.15, -0.1) is 0 Å². The first-order valence-electron chi connectivity index (χ1n) is 7.29. The number of ether oxygens (including phenoxy) is 2. The largest absolute Gasteiger partial charge is 0.493 e. The van der Waals surface area contributed by atoms with E-state index in [4.69, 9.17) is 26.3 Å². The molecule has 0 spiro atoms. The molecule has 2 aromatic rings. The van der Waals surface area contributed by atoms with Crippen molar-refractivity contribution in [2.45, 2.75) is 13.0 Å². The monoisotopic (exact) mass is 344 g/mol. The lowest BCUT2D eigenvalue weighted by Gasteiger charge is -2.15. The van der Waals surface area contributed by atoms with E-state index in [0.717, 1.165) is 5.56 Å². The fourth-order valence-electron chi connectivity index (χ4n) is 2.14. The van der Waals surface area contributed by atoms with E-state index in [2.05, 4.69) is 5.32 Å². The van der Waals surface area contributed by atoms with Crippen LogP contribution in [0.1, 0.15) is 24.1 Å². The van der Waals surface area contributed by atoms with Gasteiger partial charge in [-0.2, -0.15) is 5.26 Å². The normalized spacial score (nSPS) is 11.2. The smallest absolute Gasteiger partial charge is 0.258 e. The molecule has 0 bridgehead atoms. The molecule has 0 aliphatic rings. The second-order valence-corrected chi connectivity index (χ2v) is 5.55. The summed E-state index contributed by atoms with van der Waals surface area (Å²) in [6.45, 7) is 1.71. The number of nitrogens with one attached hydrogen (secondary N) is 1. The number of nitrogens with zero attached hydrogens (tertiary/aromatic N) is 1. The van der Waals surface area contributed by atoms with Gasteiger partial charge in [-0.3, -0.25) is 4.79 Å². The maximum absolute atomic E-state index is 12.0. The van der Waals surface area contributed by atoms with E-state index in [1.54, 1.807) is 30.3 Å². The maximum Gasteiger partial charge on any atom is 0.258 e. The highest BCUT2D eigenvalue weighted by molar-refractivity contribution is 6.30. The number of halogens is 1. The van der Waals surface area contributed by atoms with Crippen molar-refractivity contribution >= 4 is 17.5 Å². The molecule has 124 valence electrons. The van der Waals surface area contributed by atoms with Gasteiger partial charge in [-0.25, -0.2) is 0 Å². The van der Waals surface area contributed by atoms with Gasteiger partial charge in [0.05, 0.1) is 24.8 Å². The summed E-state index contributed by atoms with van der Waals surface area (Å²) in [5.41, 5.74) is 1.37. The predicted octanol–water partition coefficient (Wildman–Crippen LogP) is 3.48. The second-order valence-electron chi connectivity index (χ2n) is 5.11. The van der Waals surface area contributed by atoms with E-state index in [9.17, 15) is 4.79 Å². The van der Waals surface area contributed by atoms with Gasteiger partial charge in [0.15, 0.2) is 18.1 Å². The van der Waals surface area contributed by atoms with Crippen LogP contribution in [-0.2, 0) is 4.79 Å². The third kappa shape index (κ3) is 4.64. The Labute approximate surface area is 145 Å². The lowest BCUT2D eigenvalue weighted by atomic mass is 10.1. The molecule has 0 aliphatic carbocycles. The molecule has 6 heteroatoms. The summed E-state index contributed by atoms with van der Waals surface area (Å²) in [4.78, 5) is 12.0. The van der Waals surface area contributed by atoms with Gasteiger partial charge in [0.2, 0.25) is 0 Å². The maximum atomic E-state index is 12.0. The molecule has 5 nitrogen and oxygen atoms in total. The van der Waals surface area contributed by atoms with Gasteiger partial charge in [0.25, 0.3) is 5.91 Å². The van der Waals surface area contributed by atoms with Gasteiger partial charge in [-0.1, -0.05) is 23.7 Å². The topological polar surface area (TPSA) is 71.3 Å². The van der Waals surface area contributed by atoms with Crippen LogP contribution in [0.3, 0.4) is 0 Å². The number of carbonyl (C=O) groups excluding carboxylic acids is 1. The zero-order chi connectivity index (χ0) is 17.5. The van der Waals surface area contributed by atoms with Crippen molar-refractivity contribution in [3.63, 3.8) is 0 Å². The van der Waals surface area contributed by atoms with Crippen molar-refractivity contribution in [2.75, 3.05) is 13.7 Å². The van der Waals surface area contributed by atoms with Crippen LogP contribution in [0.5, 0.6) is 11.5 Å². The lowest BCUT2D eigenvalue weighted by Crippen LogP contribution is -2.31. The Hall–Kier alpha value is -2.71. The van der Waals surface area contributed by atoms with E-state index in [0.29, 0.717) is 22.1 Å². The van der Waals surface area contributed by atoms with Crippen molar-refractivity contribution in [2.24, 2.45) is 0 Å². The van der Waals surface area contributed by atoms with Crippen LogP contribution < -0.4 is 14.8 Å². The number of methoxy groups -OCH3 is 1. The molecule has 0 unspecified atom stereocenters. The first-order chi connectivity index (χ1) is 11.5. The average molecular weight is 345 g/mol. The summed E-state index contributed by atoms with van der Waals surface area (Å²) >= 11 is 5.95. The standard InChI is InChI=1S/C18H17ClN2O3/c1-12(14-4-3-5-15(19)9-14)21-18(22)11-24-16-7-6-13(10-20)8-17(16)23-2/h3-9,12H,11H2,1-2H3,(H,21,22)/t12-/m1/s1. The number of benzene rings is 2. The molecule has 0 fully saturated rings. The molecule has 0 saturated carbocycles. The summed E-state index contributed by atoms with van der Waals surface area (Å²) < 4.78 is 10.6. The van der Waals surface area contributed by atoms with Gasteiger partial charge in [0.1, 0.15) is 0 Å². The quantitative estimate of drug-likeness (QED) is 0.870. The Kier molecular flexibility index (Phi) is 6.05. The predicted molar refractivity (Wildman–Crippen MR) is 91.2 cm³/mol. The summed E-state index contributed by atoms with van der Waals surface area (Å²) in [6, 6.07) is 13.9. The molecule has 0 aliphatic heterocycles. The van der Waals surface area contributed by atoms with Crippen molar-refractivity contribution < 1.29 is 14.3 Å². The second kappa shape index (κ2) is 8.23. The number of hydrogen-bond acceptors (Lipinski definition) is 4. The number of rotatable bonds is 6. The van der Waals surface area contributed by atoms with Crippen LogP contribution in [-0.4, -0.2) is 19.6 Å². The van der Waals surface area contributed by atoms with Gasteiger partial charge in [-0.05, 0) is 36.8 Å². The number of nitriles is 1. The highest BCUT2D eigenvalue weighted by Crippen LogP contribution is 2.27. The SMILES string of the molecule is COc1cc(C#N)ccc1OCC(=O)N[C@H](C)c1cccc(Cl)c1. The van der Waals surface area contributed by atoms with Crippen LogP contribution in [0.4, 0.5) is 0 Å². The van der Waals surface area contributed by atoms with E-state index in [-0.39, 0.29) is 18.6 Å². The molecule has 0 radical (unpaired) electrons. The minimum absolute atomic E-state index is 0.160.